The molecule has 0 saturated carbocycles. The summed E-state index contributed by atoms with van der Waals surface area (Å²) in [4.78, 5) is 4.69. The van der Waals surface area contributed by atoms with Gasteiger partial charge in [0.1, 0.15) is 0 Å². The van der Waals surface area contributed by atoms with Crippen LogP contribution in [-0.4, -0.2) is 64.9 Å². The van der Waals surface area contributed by atoms with Gasteiger partial charge in [0.2, 0.25) is 10.0 Å². The van der Waals surface area contributed by atoms with Crippen molar-refractivity contribution in [2.75, 3.05) is 57.5 Å². The van der Waals surface area contributed by atoms with Crippen molar-refractivity contribution in [3.05, 3.63) is 65.7 Å². The number of likely N-dealkylation sites (N-methyl/N-ethyl adjacent to an activating group) is 1. The molecule has 3 unspecified atom stereocenters. The Hall–Kier alpha value is -2.35. The fourth-order valence-corrected chi connectivity index (χ4v) is 6.68. The predicted molar refractivity (Wildman–Crippen MR) is 130 cm³/mol. The van der Waals surface area contributed by atoms with Crippen molar-refractivity contribution in [1.29, 1.82) is 0 Å². The molecule has 32 heavy (non-hydrogen) atoms. The van der Waals surface area contributed by atoms with Crippen molar-refractivity contribution in [2.45, 2.75) is 23.3 Å². The van der Waals surface area contributed by atoms with Gasteiger partial charge in [-0.05, 0) is 60.8 Å². The maximum Gasteiger partial charge on any atom is 0.243 e. The Morgan fingerprint density at radius 1 is 1.00 bits per heavy atom. The van der Waals surface area contributed by atoms with E-state index in [9.17, 15) is 8.42 Å². The molecule has 5 rings (SSSR count). The third kappa shape index (κ3) is 3.72. The van der Waals surface area contributed by atoms with Gasteiger partial charge in [-0.15, -0.1) is 0 Å². The zero-order chi connectivity index (χ0) is 22.5. The van der Waals surface area contributed by atoms with Gasteiger partial charge in [0.25, 0.3) is 0 Å². The SMILES string of the molecule is CN1CCN(S(=O)(=O)c2ccc3c(c2)C2C=CCC2C(c2ccc(N(C)C)cc2)N3)CC1. The van der Waals surface area contributed by atoms with Crippen LogP contribution in [0.15, 0.2) is 59.5 Å². The number of anilines is 2. The average Bonchev–Trinajstić information content (AvgIpc) is 3.29. The summed E-state index contributed by atoms with van der Waals surface area (Å²) >= 11 is 0. The minimum Gasteiger partial charge on any atom is -0.378 e. The fourth-order valence-electron chi connectivity index (χ4n) is 5.22. The summed E-state index contributed by atoms with van der Waals surface area (Å²) in [7, 11) is 2.66. The van der Waals surface area contributed by atoms with Crippen LogP contribution in [0, 0.1) is 5.92 Å². The molecule has 1 N–H and O–H groups in total. The van der Waals surface area contributed by atoms with Crippen LogP contribution in [0.25, 0.3) is 0 Å². The van der Waals surface area contributed by atoms with Crippen molar-refractivity contribution in [3.8, 4) is 0 Å². The number of rotatable bonds is 4. The van der Waals surface area contributed by atoms with E-state index in [1.165, 1.54) is 11.3 Å². The first-order valence-corrected chi connectivity index (χ1v) is 12.8. The van der Waals surface area contributed by atoms with Gasteiger partial charge in [0.15, 0.2) is 0 Å². The molecule has 0 amide bonds. The number of fused-ring (bicyclic) bond motifs is 3. The maximum atomic E-state index is 13.3. The van der Waals surface area contributed by atoms with E-state index >= 15 is 0 Å². The van der Waals surface area contributed by atoms with Crippen LogP contribution in [0.3, 0.4) is 0 Å². The zero-order valence-electron chi connectivity index (χ0n) is 19.0. The number of hydrogen-bond acceptors (Lipinski definition) is 5. The van der Waals surface area contributed by atoms with Crippen molar-refractivity contribution < 1.29 is 8.42 Å². The van der Waals surface area contributed by atoms with Crippen LogP contribution < -0.4 is 10.2 Å². The summed E-state index contributed by atoms with van der Waals surface area (Å²) in [5.74, 6) is 0.613. The van der Waals surface area contributed by atoms with E-state index in [4.69, 9.17) is 0 Å². The van der Waals surface area contributed by atoms with Gasteiger partial charge in [-0.3, -0.25) is 0 Å². The lowest BCUT2D eigenvalue weighted by Crippen LogP contribution is -2.47. The molecule has 0 aromatic heterocycles. The van der Waals surface area contributed by atoms with Crippen LogP contribution >= 0.6 is 0 Å². The van der Waals surface area contributed by atoms with Gasteiger partial charge in [0, 0.05) is 57.6 Å². The Balaban J connectivity index is 1.46. The maximum absolute atomic E-state index is 13.3. The number of hydrogen-bond donors (Lipinski definition) is 1. The number of benzene rings is 2. The summed E-state index contributed by atoms with van der Waals surface area (Å²) in [6, 6.07) is 14.6. The van der Waals surface area contributed by atoms with E-state index in [-0.39, 0.29) is 12.0 Å². The normalized spacial score (nSPS) is 25.8. The molecule has 2 aliphatic heterocycles. The number of allylic oxidation sites excluding steroid dienone is 2. The molecule has 7 heteroatoms. The first-order chi connectivity index (χ1) is 15.3. The summed E-state index contributed by atoms with van der Waals surface area (Å²) < 4.78 is 28.2. The highest BCUT2D eigenvalue weighted by Gasteiger charge is 2.39. The quantitative estimate of drug-likeness (QED) is 0.720. The summed E-state index contributed by atoms with van der Waals surface area (Å²) in [5.41, 5.74) is 4.59. The topological polar surface area (TPSA) is 55.9 Å². The molecule has 0 spiro atoms. The first-order valence-electron chi connectivity index (χ1n) is 11.4. The second-order valence-electron chi connectivity index (χ2n) is 9.42. The van der Waals surface area contributed by atoms with Crippen LogP contribution in [0.1, 0.15) is 29.5 Å². The molecule has 6 nitrogen and oxygen atoms in total. The molecule has 3 aliphatic rings. The van der Waals surface area contributed by atoms with Crippen LogP contribution in [-0.2, 0) is 10.0 Å². The molecule has 2 aromatic rings. The van der Waals surface area contributed by atoms with Gasteiger partial charge < -0.3 is 15.1 Å². The molecule has 0 bridgehead atoms. The number of nitrogens with zero attached hydrogens (tertiary/aromatic N) is 3. The van der Waals surface area contributed by atoms with E-state index in [1.54, 1.807) is 10.4 Å². The Bertz CT molecular complexity index is 1120. The third-order valence-electron chi connectivity index (χ3n) is 7.20. The van der Waals surface area contributed by atoms with E-state index in [1.807, 2.05) is 19.2 Å². The summed E-state index contributed by atoms with van der Waals surface area (Å²) in [6.07, 6.45) is 5.50. The first kappa shape index (κ1) is 21.5. The molecule has 1 aliphatic carbocycles. The minimum absolute atomic E-state index is 0.207. The number of piperazine rings is 1. The van der Waals surface area contributed by atoms with Gasteiger partial charge in [-0.1, -0.05) is 24.3 Å². The molecule has 2 heterocycles. The molecule has 2 aromatic carbocycles. The molecular weight excluding hydrogens is 420 g/mol. The minimum atomic E-state index is -3.48. The van der Waals surface area contributed by atoms with E-state index in [2.05, 4.69) is 65.6 Å². The Morgan fingerprint density at radius 3 is 2.41 bits per heavy atom. The van der Waals surface area contributed by atoms with Gasteiger partial charge in [0.05, 0.1) is 10.9 Å². The second kappa shape index (κ2) is 8.21. The van der Waals surface area contributed by atoms with Crippen molar-refractivity contribution in [2.24, 2.45) is 5.92 Å². The molecule has 1 saturated heterocycles. The lowest BCUT2D eigenvalue weighted by atomic mass is 9.77. The standard InChI is InChI=1S/C25H32N4O2S/c1-27(2)19-9-7-18(8-10-19)25-22-6-4-5-21(22)23-17-20(11-12-24(23)26-25)32(30,31)29-15-13-28(3)14-16-29/h4-5,7-12,17,21-22,25-26H,6,13-16H2,1-3H3. The monoisotopic (exact) mass is 452 g/mol. The summed E-state index contributed by atoms with van der Waals surface area (Å²) in [6.45, 7) is 2.64. The van der Waals surface area contributed by atoms with Gasteiger partial charge in [-0.25, -0.2) is 8.42 Å². The Kier molecular flexibility index (Phi) is 5.51. The lowest BCUT2D eigenvalue weighted by molar-refractivity contribution is 0.222. The highest BCUT2D eigenvalue weighted by Crippen LogP contribution is 2.50. The molecule has 1 fully saturated rings. The van der Waals surface area contributed by atoms with E-state index < -0.39 is 10.0 Å². The van der Waals surface area contributed by atoms with E-state index in [0.29, 0.717) is 23.9 Å². The Labute approximate surface area is 191 Å². The molecule has 3 atom stereocenters. The van der Waals surface area contributed by atoms with Crippen LogP contribution in [0.2, 0.25) is 0 Å². The van der Waals surface area contributed by atoms with Crippen molar-refractivity contribution in [3.63, 3.8) is 0 Å². The molecule has 170 valence electrons. The largest absolute Gasteiger partial charge is 0.378 e. The molecular formula is C25H32N4O2S. The third-order valence-corrected chi connectivity index (χ3v) is 9.10. The summed E-state index contributed by atoms with van der Waals surface area (Å²) in [5, 5.41) is 3.73. The highest BCUT2D eigenvalue weighted by molar-refractivity contribution is 7.89. The number of nitrogens with one attached hydrogen (secondary N) is 1. The van der Waals surface area contributed by atoms with Gasteiger partial charge in [-0.2, -0.15) is 4.31 Å². The number of sulfonamides is 1. The van der Waals surface area contributed by atoms with Crippen LogP contribution in [0.5, 0.6) is 0 Å². The Morgan fingerprint density at radius 2 is 1.72 bits per heavy atom. The smallest absolute Gasteiger partial charge is 0.243 e. The van der Waals surface area contributed by atoms with Gasteiger partial charge >= 0.3 is 0 Å². The molecule has 0 radical (unpaired) electrons. The highest BCUT2D eigenvalue weighted by atomic mass is 32.2. The van der Waals surface area contributed by atoms with Crippen molar-refractivity contribution in [1.82, 2.24) is 9.21 Å². The zero-order valence-corrected chi connectivity index (χ0v) is 19.8. The lowest BCUT2D eigenvalue weighted by Gasteiger charge is -2.38. The predicted octanol–water partition coefficient (Wildman–Crippen LogP) is 3.52. The van der Waals surface area contributed by atoms with Crippen LogP contribution in [0.4, 0.5) is 11.4 Å². The average molecular weight is 453 g/mol. The van der Waals surface area contributed by atoms with E-state index in [0.717, 1.165) is 30.8 Å². The second-order valence-corrected chi connectivity index (χ2v) is 11.4. The fraction of sp³-hybridized carbons (Fsp3) is 0.440. The van der Waals surface area contributed by atoms with Crippen molar-refractivity contribution >= 4 is 21.4 Å².